The van der Waals surface area contributed by atoms with Crippen LogP contribution in [-0.4, -0.2) is 47.5 Å². The molecule has 0 radical (unpaired) electrons. The van der Waals surface area contributed by atoms with Gasteiger partial charge in [-0.1, -0.05) is 35.4 Å². The molecule has 6 atom stereocenters. The van der Waals surface area contributed by atoms with Crippen LogP contribution in [0.3, 0.4) is 0 Å². The van der Waals surface area contributed by atoms with Gasteiger partial charge in [0.15, 0.2) is 12.6 Å². The standard InChI is InChI=1S/C13H15N3O5/c14-16-15-9-10(17)11-8(20-12(9)18)6-19-13(21-11)7-4-2-1-3-5-7/h1-5,8-13,17-18H,6H2/t8-,9-,10-,11-,12-,13?/m1/s1. The van der Waals surface area contributed by atoms with E-state index in [0.29, 0.717) is 0 Å². The summed E-state index contributed by atoms with van der Waals surface area (Å²) in [5, 5.41) is 23.3. The molecule has 0 bridgehead atoms. The van der Waals surface area contributed by atoms with Gasteiger partial charge < -0.3 is 24.4 Å². The molecular weight excluding hydrogens is 278 g/mol. The number of aliphatic hydroxyl groups excluding tert-OH is 2. The molecular formula is C13H15N3O5. The van der Waals surface area contributed by atoms with Gasteiger partial charge in [0.2, 0.25) is 0 Å². The van der Waals surface area contributed by atoms with E-state index in [2.05, 4.69) is 10.0 Å². The molecule has 2 N–H and O–H groups in total. The maximum atomic E-state index is 10.2. The topological polar surface area (TPSA) is 117 Å². The number of aliphatic hydroxyl groups is 2. The lowest BCUT2D eigenvalue weighted by Crippen LogP contribution is -2.61. The second-order valence-electron chi connectivity index (χ2n) is 4.93. The molecule has 8 heteroatoms. The van der Waals surface area contributed by atoms with Crippen LogP contribution in [0.25, 0.3) is 10.4 Å². The van der Waals surface area contributed by atoms with E-state index in [9.17, 15) is 10.2 Å². The van der Waals surface area contributed by atoms with Crippen molar-refractivity contribution in [3.8, 4) is 0 Å². The van der Waals surface area contributed by atoms with Crippen LogP contribution in [0, 0.1) is 0 Å². The van der Waals surface area contributed by atoms with Gasteiger partial charge in [-0.2, -0.15) is 0 Å². The quantitative estimate of drug-likeness (QED) is 0.476. The highest BCUT2D eigenvalue weighted by Gasteiger charge is 2.48. The maximum absolute atomic E-state index is 10.2. The average molecular weight is 293 g/mol. The van der Waals surface area contributed by atoms with E-state index in [1.165, 1.54) is 0 Å². The molecule has 1 aromatic carbocycles. The van der Waals surface area contributed by atoms with Crippen molar-refractivity contribution in [2.24, 2.45) is 5.11 Å². The van der Waals surface area contributed by atoms with Crippen molar-refractivity contribution in [1.29, 1.82) is 0 Å². The van der Waals surface area contributed by atoms with Gasteiger partial charge in [-0.05, 0) is 5.53 Å². The van der Waals surface area contributed by atoms with Crippen LogP contribution in [0.15, 0.2) is 35.4 Å². The number of nitrogens with zero attached hydrogens (tertiary/aromatic N) is 3. The Hall–Kier alpha value is -1.67. The first-order chi connectivity index (χ1) is 10.2. The SMILES string of the molecule is [N-]=[N+]=N[C@@H]1[C@@H](O)[C@@H]2OC(c3ccccc3)OC[C@H]2O[C@H]1O. The van der Waals surface area contributed by atoms with Crippen molar-refractivity contribution in [3.05, 3.63) is 46.3 Å². The first kappa shape index (κ1) is 14.3. The van der Waals surface area contributed by atoms with E-state index in [0.717, 1.165) is 5.56 Å². The van der Waals surface area contributed by atoms with E-state index in [-0.39, 0.29) is 6.61 Å². The summed E-state index contributed by atoms with van der Waals surface area (Å²) in [6.45, 7) is 0.168. The van der Waals surface area contributed by atoms with Crippen molar-refractivity contribution < 1.29 is 24.4 Å². The molecule has 2 aliphatic heterocycles. The van der Waals surface area contributed by atoms with Gasteiger partial charge in [-0.15, -0.1) is 0 Å². The predicted octanol–water partition coefficient (Wildman–Crippen LogP) is 0.858. The van der Waals surface area contributed by atoms with E-state index < -0.39 is 36.9 Å². The number of azide groups is 1. The minimum atomic E-state index is -1.38. The number of rotatable bonds is 2. The fourth-order valence-corrected chi connectivity index (χ4v) is 2.56. The Morgan fingerprint density at radius 2 is 1.95 bits per heavy atom. The molecule has 112 valence electrons. The third-order valence-corrected chi connectivity index (χ3v) is 3.61. The van der Waals surface area contributed by atoms with Gasteiger partial charge in [-0.25, -0.2) is 0 Å². The Balaban J connectivity index is 1.78. The molecule has 3 rings (SSSR count). The second-order valence-corrected chi connectivity index (χ2v) is 4.93. The van der Waals surface area contributed by atoms with E-state index >= 15 is 0 Å². The fraction of sp³-hybridized carbons (Fsp3) is 0.538. The molecule has 2 saturated heterocycles. The summed E-state index contributed by atoms with van der Waals surface area (Å²) in [6.07, 6.45) is -4.52. The number of ether oxygens (including phenoxy) is 3. The minimum Gasteiger partial charge on any atom is -0.390 e. The second kappa shape index (κ2) is 5.98. The van der Waals surface area contributed by atoms with Crippen LogP contribution in [0.1, 0.15) is 11.9 Å². The van der Waals surface area contributed by atoms with Crippen LogP contribution < -0.4 is 0 Å². The Morgan fingerprint density at radius 3 is 2.67 bits per heavy atom. The Labute approximate surface area is 120 Å². The molecule has 21 heavy (non-hydrogen) atoms. The van der Waals surface area contributed by atoms with E-state index in [1.54, 1.807) is 0 Å². The summed E-state index contributed by atoms with van der Waals surface area (Å²) < 4.78 is 16.6. The largest absolute Gasteiger partial charge is 0.390 e. The fourth-order valence-electron chi connectivity index (χ4n) is 2.56. The van der Waals surface area contributed by atoms with Gasteiger partial charge in [-0.3, -0.25) is 0 Å². The third-order valence-electron chi connectivity index (χ3n) is 3.61. The molecule has 2 fully saturated rings. The molecule has 0 aliphatic carbocycles. The monoisotopic (exact) mass is 293 g/mol. The van der Waals surface area contributed by atoms with Gasteiger partial charge in [0.05, 0.1) is 12.7 Å². The highest BCUT2D eigenvalue weighted by atomic mass is 16.7. The normalized spacial score (nSPS) is 39.1. The number of fused-ring (bicyclic) bond motifs is 1. The summed E-state index contributed by atoms with van der Waals surface area (Å²) >= 11 is 0. The van der Waals surface area contributed by atoms with Crippen LogP contribution >= 0.6 is 0 Å². The summed E-state index contributed by atoms with van der Waals surface area (Å²) in [4.78, 5) is 2.61. The van der Waals surface area contributed by atoms with Gasteiger partial charge in [0, 0.05) is 10.5 Å². The van der Waals surface area contributed by atoms with Crippen LogP contribution in [0.4, 0.5) is 0 Å². The summed E-state index contributed by atoms with van der Waals surface area (Å²) in [7, 11) is 0. The van der Waals surface area contributed by atoms with Crippen molar-refractivity contribution in [2.75, 3.05) is 6.61 Å². The molecule has 0 saturated carbocycles. The molecule has 0 spiro atoms. The minimum absolute atomic E-state index is 0.168. The van der Waals surface area contributed by atoms with Gasteiger partial charge in [0.1, 0.15) is 18.2 Å². The van der Waals surface area contributed by atoms with Crippen LogP contribution in [-0.2, 0) is 14.2 Å². The van der Waals surface area contributed by atoms with Crippen molar-refractivity contribution >= 4 is 0 Å². The Morgan fingerprint density at radius 1 is 1.19 bits per heavy atom. The zero-order chi connectivity index (χ0) is 14.8. The van der Waals surface area contributed by atoms with Crippen molar-refractivity contribution in [2.45, 2.75) is 36.9 Å². The average Bonchev–Trinajstić information content (AvgIpc) is 2.52. The number of hydrogen-bond acceptors (Lipinski definition) is 6. The lowest BCUT2D eigenvalue weighted by atomic mass is 9.96. The zero-order valence-corrected chi connectivity index (χ0v) is 11.0. The Bertz CT molecular complexity index is 536. The Kier molecular flexibility index (Phi) is 4.07. The van der Waals surface area contributed by atoms with Gasteiger partial charge >= 0.3 is 0 Å². The third kappa shape index (κ3) is 2.73. The summed E-state index contributed by atoms with van der Waals surface area (Å²) in [5.41, 5.74) is 9.31. The highest BCUT2D eigenvalue weighted by Crippen LogP contribution is 2.34. The molecule has 1 aromatic rings. The van der Waals surface area contributed by atoms with Crippen LogP contribution in [0.5, 0.6) is 0 Å². The first-order valence-electron chi connectivity index (χ1n) is 6.58. The molecule has 8 nitrogen and oxygen atoms in total. The predicted molar refractivity (Wildman–Crippen MR) is 69.8 cm³/mol. The lowest BCUT2D eigenvalue weighted by Gasteiger charge is -2.45. The number of benzene rings is 1. The zero-order valence-electron chi connectivity index (χ0n) is 11.0. The highest BCUT2D eigenvalue weighted by molar-refractivity contribution is 5.16. The smallest absolute Gasteiger partial charge is 0.184 e. The van der Waals surface area contributed by atoms with Crippen LogP contribution in [0.2, 0.25) is 0 Å². The lowest BCUT2D eigenvalue weighted by molar-refractivity contribution is -0.335. The molecule has 0 amide bonds. The summed E-state index contributed by atoms with van der Waals surface area (Å²) in [5.74, 6) is 0. The van der Waals surface area contributed by atoms with E-state index in [4.69, 9.17) is 19.7 Å². The number of hydrogen-bond donors (Lipinski definition) is 2. The molecule has 2 aliphatic rings. The van der Waals surface area contributed by atoms with Gasteiger partial charge in [0.25, 0.3) is 0 Å². The molecule has 1 unspecified atom stereocenters. The van der Waals surface area contributed by atoms with E-state index in [1.807, 2.05) is 30.3 Å². The van der Waals surface area contributed by atoms with Crippen molar-refractivity contribution in [3.63, 3.8) is 0 Å². The van der Waals surface area contributed by atoms with Crippen molar-refractivity contribution in [1.82, 2.24) is 0 Å². The summed E-state index contributed by atoms with van der Waals surface area (Å²) in [6, 6.07) is 8.18. The molecule has 0 aromatic heterocycles. The molecule has 2 heterocycles. The first-order valence-corrected chi connectivity index (χ1v) is 6.58. The maximum Gasteiger partial charge on any atom is 0.184 e.